The maximum atomic E-state index is 12.2. The van der Waals surface area contributed by atoms with Crippen molar-refractivity contribution in [3.05, 3.63) is 71.1 Å². The second-order valence-electron chi connectivity index (χ2n) is 5.55. The summed E-state index contributed by atoms with van der Waals surface area (Å²) >= 11 is 0. The number of hydrogen-bond donors (Lipinski definition) is 2. The number of carbonyl (C=O) groups excluding carboxylic acids is 1. The van der Waals surface area contributed by atoms with Gasteiger partial charge in [0.15, 0.2) is 0 Å². The number of imidazole rings is 1. The van der Waals surface area contributed by atoms with E-state index in [0.717, 1.165) is 28.0 Å². The van der Waals surface area contributed by atoms with Crippen LogP contribution in [-0.2, 0) is 0 Å². The number of allylic oxidation sites excluding steroid dienone is 1. The number of nitrogens with zero attached hydrogens (tertiary/aromatic N) is 2. The molecule has 120 valence electrons. The molecule has 2 aromatic carbocycles. The second-order valence-corrected chi connectivity index (χ2v) is 5.55. The highest BCUT2D eigenvalue weighted by molar-refractivity contribution is 5.98. The minimum atomic E-state index is -0.257. The molecule has 0 spiro atoms. The van der Waals surface area contributed by atoms with Gasteiger partial charge in [0.1, 0.15) is 5.82 Å². The Morgan fingerprint density at radius 2 is 2.00 bits per heavy atom. The normalized spacial score (nSPS) is 12.0. The summed E-state index contributed by atoms with van der Waals surface area (Å²) in [5.74, 6) is 0.565. The van der Waals surface area contributed by atoms with E-state index < -0.39 is 0 Å². The number of nitrogens with one attached hydrogen (secondary N) is 2. The molecule has 0 radical (unpaired) electrons. The number of hydrazone groups is 1. The van der Waals surface area contributed by atoms with Crippen LogP contribution in [0.4, 0.5) is 0 Å². The van der Waals surface area contributed by atoms with Crippen molar-refractivity contribution in [3.8, 4) is 0 Å². The summed E-state index contributed by atoms with van der Waals surface area (Å²) in [6.45, 7) is 3.81. The third-order valence-electron chi connectivity index (χ3n) is 3.49. The largest absolute Gasteiger partial charge is 0.342 e. The van der Waals surface area contributed by atoms with Crippen LogP contribution in [0.2, 0.25) is 0 Å². The molecule has 3 rings (SSSR count). The zero-order chi connectivity index (χ0) is 16.9. The molecule has 5 nitrogen and oxygen atoms in total. The lowest BCUT2D eigenvalue weighted by Gasteiger charge is -2.00. The number of H-pyrrole nitrogens is 1. The molecule has 24 heavy (non-hydrogen) atoms. The van der Waals surface area contributed by atoms with Crippen molar-refractivity contribution in [1.82, 2.24) is 15.4 Å². The third kappa shape index (κ3) is 3.76. The van der Waals surface area contributed by atoms with E-state index in [4.69, 9.17) is 0 Å². The molecule has 0 saturated heterocycles. The SMILES string of the molecule is C/C(C=NNC(=O)c1ccc2nc(C)[nH]c2c1)=C\c1ccccc1. The monoisotopic (exact) mass is 318 g/mol. The van der Waals surface area contributed by atoms with Crippen LogP contribution in [0.25, 0.3) is 17.1 Å². The van der Waals surface area contributed by atoms with Gasteiger partial charge < -0.3 is 4.98 Å². The van der Waals surface area contributed by atoms with Gasteiger partial charge in [0.05, 0.1) is 17.2 Å². The van der Waals surface area contributed by atoms with E-state index in [9.17, 15) is 4.79 Å². The Kier molecular flexibility index (Phi) is 4.52. The van der Waals surface area contributed by atoms with Crippen molar-refractivity contribution in [2.45, 2.75) is 13.8 Å². The number of rotatable bonds is 4. The quantitative estimate of drug-likeness (QED) is 0.569. The topological polar surface area (TPSA) is 70.1 Å². The van der Waals surface area contributed by atoms with Gasteiger partial charge in [-0.05, 0) is 43.2 Å². The van der Waals surface area contributed by atoms with E-state index in [0.29, 0.717) is 5.56 Å². The standard InChI is InChI=1S/C19H18N4O/c1-13(10-15-6-4-3-5-7-15)12-20-23-19(24)16-8-9-17-18(11-16)22-14(2)21-17/h3-12H,1-2H3,(H,21,22)(H,23,24)/b13-10+,20-12?. The highest BCUT2D eigenvalue weighted by Gasteiger charge is 2.07. The molecular weight excluding hydrogens is 300 g/mol. The maximum Gasteiger partial charge on any atom is 0.271 e. The Balaban J connectivity index is 1.66. The van der Waals surface area contributed by atoms with E-state index in [1.807, 2.05) is 56.3 Å². The molecule has 1 aromatic heterocycles. The molecule has 1 amide bonds. The van der Waals surface area contributed by atoms with E-state index in [1.54, 1.807) is 18.3 Å². The molecular formula is C19H18N4O. The zero-order valence-electron chi connectivity index (χ0n) is 13.6. The number of carbonyl (C=O) groups is 1. The first-order valence-corrected chi connectivity index (χ1v) is 7.65. The van der Waals surface area contributed by atoms with Crippen LogP contribution in [0.1, 0.15) is 28.7 Å². The molecule has 0 fully saturated rings. The van der Waals surface area contributed by atoms with Crippen LogP contribution in [0.15, 0.2) is 59.2 Å². The molecule has 2 N–H and O–H groups in total. The Labute approximate surface area is 140 Å². The zero-order valence-corrected chi connectivity index (χ0v) is 13.6. The second kappa shape index (κ2) is 6.91. The first-order chi connectivity index (χ1) is 11.6. The summed E-state index contributed by atoms with van der Waals surface area (Å²) in [5.41, 5.74) is 6.79. The molecule has 0 aliphatic rings. The van der Waals surface area contributed by atoms with Crippen molar-refractivity contribution >= 4 is 29.2 Å². The van der Waals surface area contributed by atoms with Gasteiger partial charge in [-0.25, -0.2) is 10.4 Å². The van der Waals surface area contributed by atoms with E-state index >= 15 is 0 Å². The molecule has 0 aliphatic carbocycles. The maximum absolute atomic E-state index is 12.2. The number of hydrogen-bond acceptors (Lipinski definition) is 3. The lowest BCUT2D eigenvalue weighted by atomic mass is 10.1. The van der Waals surface area contributed by atoms with Gasteiger partial charge in [0.25, 0.3) is 5.91 Å². The lowest BCUT2D eigenvalue weighted by molar-refractivity contribution is 0.0955. The molecule has 0 atom stereocenters. The number of aromatic nitrogens is 2. The lowest BCUT2D eigenvalue weighted by Crippen LogP contribution is -2.17. The predicted octanol–water partition coefficient (Wildman–Crippen LogP) is 3.69. The summed E-state index contributed by atoms with van der Waals surface area (Å²) in [7, 11) is 0. The van der Waals surface area contributed by atoms with Crippen molar-refractivity contribution < 1.29 is 4.79 Å². The number of benzene rings is 2. The van der Waals surface area contributed by atoms with Gasteiger partial charge in [0, 0.05) is 5.56 Å². The Morgan fingerprint density at radius 3 is 2.79 bits per heavy atom. The molecule has 0 saturated carbocycles. The molecule has 1 heterocycles. The van der Waals surface area contributed by atoms with Crippen molar-refractivity contribution in [1.29, 1.82) is 0 Å². The predicted molar refractivity (Wildman–Crippen MR) is 96.9 cm³/mol. The van der Waals surface area contributed by atoms with Crippen LogP contribution in [0, 0.1) is 6.92 Å². The highest BCUT2D eigenvalue weighted by atomic mass is 16.2. The van der Waals surface area contributed by atoms with Crippen LogP contribution in [0.3, 0.4) is 0 Å². The van der Waals surface area contributed by atoms with Gasteiger partial charge in [-0.3, -0.25) is 4.79 Å². The summed E-state index contributed by atoms with van der Waals surface area (Å²) in [6.07, 6.45) is 3.62. The summed E-state index contributed by atoms with van der Waals surface area (Å²) in [6, 6.07) is 15.3. The summed E-state index contributed by atoms with van der Waals surface area (Å²) in [4.78, 5) is 19.6. The first-order valence-electron chi connectivity index (χ1n) is 7.65. The number of amides is 1. The Bertz CT molecular complexity index is 923. The van der Waals surface area contributed by atoms with Gasteiger partial charge in [-0.2, -0.15) is 5.10 Å². The van der Waals surface area contributed by atoms with E-state index in [2.05, 4.69) is 20.5 Å². The minimum Gasteiger partial charge on any atom is -0.342 e. The van der Waals surface area contributed by atoms with Crippen LogP contribution in [0.5, 0.6) is 0 Å². The fourth-order valence-electron chi connectivity index (χ4n) is 2.39. The summed E-state index contributed by atoms with van der Waals surface area (Å²) < 4.78 is 0. The smallest absolute Gasteiger partial charge is 0.271 e. The third-order valence-corrected chi connectivity index (χ3v) is 3.49. The van der Waals surface area contributed by atoms with Crippen LogP contribution in [-0.4, -0.2) is 22.1 Å². The van der Waals surface area contributed by atoms with Crippen LogP contribution < -0.4 is 5.43 Å². The average Bonchev–Trinajstić information content (AvgIpc) is 2.94. The average molecular weight is 318 g/mol. The van der Waals surface area contributed by atoms with Crippen molar-refractivity contribution in [3.63, 3.8) is 0 Å². The Morgan fingerprint density at radius 1 is 1.21 bits per heavy atom. The fraction of sp³-hybridized carbons (Fsp3) is 0.105. The van der Waals surface area contributed by atoms with Crippen molar-refractivity contribution in [2.24, 2.45) is 5.10 Å². The molecule has 0 bridgehead atoms. The minimum absolute atomic E-state index is 0.257. The van der Waals surface area contributed by atoms with Gasteiger partial charge in [-0.15, -0.1) is 0 Å². The molecule has 5 heteroatoms. The van der Waals surface area contributed by atoms with Crippen LogP contribution >= 0.6 is 0 Å². The Hall–Kier alpha value is -3.21. The first kappa shape index (κ1) is 15.7. The number of aromatic amines is 1. The van der Waals surface area contributed by atoms with E-state index in [1.165, 1.54) is 0 Å². The fourth-order valence-corrected chi connectivity index (χ4v) is 2.39. The van der Waals surface area contributed by atoms with Gasteiger partial charge in [0.2, 0.25) is 0 Å². The number of fused-ring (bicyclic) bond motifs is 1. The van der Waals surface area contributed by atoms with E-state index in [-0.39, 0.29) is 5.91 Å². The number of aryl methyl sites for hydroxylation is 1. The molecule has 0 unspecified atom stereocenters. The van der Waals surface area contributed by atoms with Crippen molar-refractivity contribution in [2.75, 3.05) is 0 Å². The highest BCUT2D eigenvalue weighted by Crippen LogP contribution is 2.13. The summed E-state index contributed by atoms with van der Waals surface area (Å²) in [5, 5.41) is 4.01. The van der Waals surface area contributed by atoms with Gasteiger partial charge in [-0.1, -0.05) is 36.4 Å². The van der Waals surface area contributed by atoms with Gasteiger partial charge >= 0.3 is 0 Å². The molecule has 0 aliphatic heterocycles. The molecule has 3 aromatic rings.